The minimum absolute atomic E-state index is 0.168. The fraction of sp³-hybridized carbons (Fsp3) is 0.125. The first-order chi connectivity index (χ1) is 9.11. The molecule has 2 nitrogen and oxygen atoms in total. The van der Waals surface area contributed by atoms with Crippen LogP contribution in [0.2, 0.25) is 0 Å². The molecule has 0 aliphatic rings. The van der Waals surface area contributed by atoms with E-state index in [0.29, 0.717) is 5.56 Å². The molecule has 0 aliphatic carbocycles. The molecule has 0 spiro atoms. The number of hydrogen-bond acceptors (Lipinski definition) is 3. The fourth-order valence-electron chi connectivity index (χ4n) is 1.72. The molecule has 0 aliphatic heterocycles. The summed E-state index contributed by atoms with van der Waals surface area (Å²) < 4.78 is 0. The third-order valence-corrected chi connectivity index (χ3v) is 3.67. The smallest absolute Gasteiger partial charge is 0.204 e. The van der Waals surface area contributed by atoms with E-state index in [1.165, 1.54) is 16.9 Å². The normalized spacial score (nSPS) is 11.1. The topological polar surface area (TPSA) is 40.9 Å². The molecule has 0 radical (unpaired) electrons. The van der Waals surface area contributed by atoms with Crippen LogP contribution in [0.25, 0.3) is 6.08 Å². The van der Waals surface area contributed by atoms with Crippen LogP contribution in [0.4, 0.5) is 0 Å². The molecule has 0 saturated heterocycles. The molecular formula is C16H13NOS. The van der Waals surface area contributed by atoms with Gasteiger partial charge in [-0.15, -0.1) is 0 Å². The van der Waals surface area contributed by atoms with Crippen LogP contribution in [-0.2, 0) is 0 Å². The Kier molecular flexibility index (Phi) is 3.94. The zero-order valence-electron chi connectivity index (χ0n) is 10.8. The van der Waals surface area contributed by atoms with Gasteiger partial charge >= 0.3 is 0 Å². The summed E-state index contributed by atoms with van der Waals surface area (Å²) in [4.78, 5) is 12.1. The van der Waals surface area contributed by atoms with Crippen molar-refractivity contribution in [2.75, 3.05) is 0 Å². The van der Waals surface area contributed by atoms with Crippen molar-refractivity contribution < 1.29 is 4.79 Å². The maximum atomic E-state index is 12.1. The van der Waals surface area contributed by atoms with E-state index in [0.717, 1.165) is 11.1 Å². The van der Waals surface area contributed by atoms with Crippen LogP contribution in [-0.4, -0.2) is 5.78 Å². The van der Waals surface area contributed by atoms with E-state index in [-0.39, 0.29) is 11.4 Å². The van der Waals surface area contributed by atoms with Crippen LogP contribution in [0.1, 0.15) is 27.0 Å². The van der Waals surface area contributed by atoms with Gasteiger partial charge in [-0.25, -0.2) is 0 Å². The molecule has 0 fully saturated rings. The van der Waals surface area contributed by atoms with Gasteiger partial charge < -0.3 is 0 Å². The molecule has 1 aromatic carbocycles. The van der Waals surface area contributed by atoms with Crippen molar-refractivity contribution >= 4 is 23.2 Å². The summed E-state index contributed by atoms with van der Waals surface area (Å²) in [5.74, 6) is -0.220. The predicted octanol–water partition coefficient (Wildman–Crippen LogP) is 4.15. The van der Waals surface area contributed by atoms with E-state index >= 15 is 0 Å². The van der Waals surface area contributed by atoms with Gasteiger partial charge in [0, 0.05) is 10.9 Å². The van der Waals surface area contributed by atoms with Crippen LogP contribution >= 0.6 is 11.3 Å². The zero-order chi connectivity index (χ0) is 13.8. The number of ketones is 1. The van der Waals surface area contributed by atoms with Crippen molar-refractivity contribution in [3.63, 3.8) is 0 Å². The van der Waals surface area contributed by atoms with Gasteiger partial charge in [-0.1, -0.05) is 18.2 Å². The monoisotopic (exact) mass is 267 g/mol. The maximum absolute atomic E-state index is 12.1. The third-order valence-electron chi connectivity index (χ3n) is 2.99. The largest absolute Gasteiger partial charge is 0.288 e. The number of benzene rings is 1. The van der Waals surface area contributed by atoms with Crippen LogP contribution in [0.5, 0.6) is 0 Å². The average Bonchev–Trinajstić information content (AvgIpc) is 2.93. The Morgan fingerprint density at radius 2 is 2.05 bits per heavy atom. The molecule has 0 N–H and O–H groups in total. The molecular weight excluding hydrogens is 254 g/mol. The lowest BCUT2D eigenvalue weighted by molar-refractivity contribution is 0.104. The number of carbonyl (C=O) groups excluding carboxylic acids is 1. The Bertz CT molecular complexity index is 675. The van der Waals surface area contributed by atoms with E-state index in [4.69, 9.17) is 5.26 Å². The first-order valence-corrected chi connectivity index (χ1v) is 6.82. The molecule has 94 valence electrons. The van der Waals surface area contributed by atoms with E-state index in [2.05, 4.69) is 0 Å². The Morgan fingerprint density at radius 3 is 2.63 bits per heavy atom. The lowest BCUT2D eigenvalue weighted by atomic mass is 10.0. The summed E-state index contributed by atoms with van der Waals surface area (Å²) >= 11 is 1.45. The molecule has 3 heteroatoms. The second-order valence-electron chi connectivity index (χ2n) is 4.35. The molecule has 2 aromatic rings. The van der Waals surface area contributed by atoms with Gasteiger partial charge in [-0.2, -0.15) is 16.6 Å². The Hall–Kier alpha value is -2.18. The van der Waals surface area contributed by atoms with Crippen molar-refractivity contribution in [1.82, 2.24) is 0 Å². The molecule has 0 saturated carbocycles. The summed E-state index contributed by atoms with van der Waals surface area (Å²) in [6.07, 6.45) is 1.65. The third kappa shape index (κ3) is 2.98. The van der Waals surface area contributed by atoms with Crippen LogP contribution in [0.15, 0.2) is 40.6 Å². The standard InChI is InChI=1S/C16H13NOS/c1-11-3-4-13(7-12(11)2)8-15(9-17)16(18)14-5-6-19-10-14/h3-8,10H,1-2H3. The number of aryl methyl sites for hydroxylation is 2. The van der Waals surface area contributed by atoms with Crippen LogP contribution in [0.3, 0.4) is 0 Å². The van der Waals surface area contributed by atoms with Gasteiger partial charge in [0.25, 0.3) is 0 Å². The Morgan fingerprint density at radius 1 is 1.26 bits per heavy atom. The highest BCUT2D eigenvalue weighted by molar-refractivity contribution is 7.08. The number of Topliss-reactive ketones (excluding diaryl/α,β-unsaturated/α-hetero) is 1. The molecule has 19 heavy (non-hydrogen) atoms. The number of rotatable bonds is 3. The number of nitriles is 1. The van der Waals surface area contributed by atoms with Gasteiger partial charge in [-0.3, -0.25) is 4.79 Å². The zero-order valence-corrected chi connectivity index (χ0v) is 11.6. The number of thiophene rings is 1. The summed E-state index contributed by atoms with van der Waals surface area (Å²) in [6.45, 7) is 4.05. The van der Waals surface area contributed by atoms with Crippen LogP contribution in [0, 0.1) is 25.2 Å². The minimum Gasteiger partial charge on any atom is -0.288 e. The molecule has 0 bridgehead atoms. The first kappa shape index (κ1) is 13.3. The fourth-order valence-corrected chi connectivity index (χ4v) is 2.35. The maximum Gasteiger partial charge on any atom is 0.204 e. The lowest BCUT2D eigenvalue weighted by Gasteiger charge is -2.02. The quantitative estimate of drug-likeness (QED) is 0.476. The number of nitrogens with zero attached hydrogens (tertiary/aromatic N) is 1. The molecule has 2 rings (SSSR count). The van der Waals surface area contributed by atoms with Crippen molar-refractivity contribution in [3.8, 4) is 6.07 Å². The van der Waals surface area contributed by atoms with Crippen LogP contribution < -0.4 is 0 Å². The second-order valence-corrected chi connectivity index (χ2v) is 5.13. The van der Waals surface area contributed by atoms with Crippen molar-refractivity contribution in [2.24, 2.45) is 0 Å². The molecule has 1 aromatic heterocycles. The number of allylic oxidation sites excluding steroid dienone is 1. The highest BCUT2D eigenvalue weighted by Crippen LogP contribution is 2.17. The highest BCUT2D eigenvalue weighted by Gasteiger charge is 2.12. The van der Waals surface area contributed by atoms with Crippen molar-refractivity contribution in [3.05, 3.63) is 62.9 Å². The summed E-state index contributed by atoms with van der Waals surface area (Å²) in [5, 5.41) is 12.7. The average molecular weight is 267 g/mol. The van der Waals surface area contributed by atoms with Gasteiger partial charge in [0.1, 0.15) is 11.6 Å². The summed E-state index contributed by atoms with van der Waals surface area (Å²) in [7, 11) is 0. The highest BCUT2D eigenvalue weighted by atomic mass is 32.1. The molecule has 0 atom stereocenters. The lowest BCUT2D eigenvalue weighted by Crippen LogP contribution is -2.00. The molecule has 1 heterocycles. The first-order valence-electron chi connectivity index (χ1n) is 5.88. The Labute approximate surface area is 116 Å². The van der Waals surface area contributed by atoms with Crippen molar-refractivity contribution in [2.45, 2.75) is 13.8 Å². The molecule has 0 amide bonds. The van der Waals surface area contributed by atoms with Gasteiger partial charge in [0.05, 0.1) is 0 Å². The summed E-state index contributed by atoms with van der Waals surface area (Å²) in [5.41, 5.74) is 3.96. The van der Waals surface area contributed by atoms with E-state index in [1.807, 2.05) is 43.5 Å². The van der Waals surface area contributed by atoms with E-state index in [1.54, 1.807) is 17.5 Å². The van der Waals surface area contributed by atoms with Crippen molar-refractivity contribution in [1.29, 1.82) is 5.26 Å². The molecule has 0 unspecified atom stereocenters. The minimum atomic E-state index is -0.220. The summed E-state index contributed by atoms with van der Waals surface area (Å²) in [6, 6.07) is 9.61. The van der Waals surface area contributed by atoms with Gasteiger partial charge in [0.15, 0.2) is 0 Å². The number of carbonyl (C=O) groups is 1. The van der Waals surface area contributed by atoms with Gasteiger partial charge in [0.2, 0.25) is 5.78 Å². The predicted molar refractivity (Wildman–Crippen MR) is 78.2 cm³/mol. The Balaban J connectivity index is 2.37. The number of hydrogen-bond donors (Lipinski definition) is 0. The SMILES string of the molecule is Cc1ccc(C=C(C#N)C(=O)c2ccsc2)cc1C. The van der Waals surface area contributed by atoms with E-state index in [9.17, 15) is 4.79 Å². The second kappa shape index (κ2) is 5.64. The van der Waals surface area contributed by atoms with Gasteiger partial charge in [-0.05, 0) is 48.1 Å². The van der Waals surface area contributed by atoms with E-state index < -0.39 is 0 Å².